The smallest absolute Gasteiger partial charge is 0.126 e. The lowest BCUT2D eigenvalue weighted by Gasteiger charge is -2.07. The largest absolute Gasteiger partial charge is 0.341 e. The Hall–Kier alpha value is 1.57. The third kappa shape index (κ3) is 29.6. The van der Waals surface area contributed by atoms with E-state index < -0.39 is 6.00 Å². The lowest BCUT2D eigenvalue weighted by atomic mass is 10.0. The minimum absolute atomic E-state index is 0.829. The SMILES string of the molecule is Cl[Si](Cl)(Cl)CCCCCCCCCCCCCCCCCCCCCCCCBr. The first-order valence-corrected chi connectivity index (χ1v) is 19.1. The normalized spacial score (nSPS) is 12.0. The number of rotatable bonds is 24. The fourth-order valence-electron chi connectivity index (χ4n) is 3.96. The Morgan fingerprint density at radius 2 is 0.552 bits per heavy atom. The Bertz CT molecular complexity index is 311. The minimum atomic E-state index is -2.36. The zero-order valence-electron chi connectivity index (χ0n) is 19.0. The van der Waals surface area contributed by atoms with E-state index in [1.807, 2.05) is 0 Å². The van der Waals surface area contributed by atoms with E-state index in [0.29, 0.717) is 0 Å². The molecular formula is C24H48BrCl3Si. The Morgan fingerprint density at radius 3 is 0.759 bits per heavy atom. The average molecular weight is 551 g/mol. The second kappa shape index (κ2) is 24.2. The molecule has 0 aromatic rings. The molecule has 0 unspecified atom stereocenters. The van der Waals surface area contributed by atoms with Crippen LogP contribution in [0.15, 0.2) is 0 Å². The number of halogens is 4. The van der Waals surface area contributed by atoms with Gasteiger partial charge in [0, 0.05) is 5.33 Å². The van der Waals surface area contributed by atoms with Gasteiger partial charge in [0.1, 0.15) is 0 Å². The summed E-state index contributed by atoms with van der Waals surface area (Å²) >= 11 is 21.2. The van der Waals surface area contributed by atoms with E-state index in [1.54, 1.807) is 0 Å². The Balaban J connectivity index is 3.02. The molecule has 0 radical (unpaired) electrons. The van der Waals surface area contributed by atoms with Gasteiger partial charge in [-0.1, -0.05) is 151 Å². The van der Waals surface area contributed by atoms with Gasteiger partial charge in [0.05, 0.1) is 0 Å². The van der Waals surface area contributed by atoms with Crippen molar-refractivity contribution >= 4 is 55.2 Å². The van der Waals surface area contributed by atoms with Gasteiger partial charge in [-0.2, -0.15) is 0 Å². The molecule has 0 bridgehead atoms. The second-order valence-electron chi connectivity index (χ2n) is 8.83. The summed E-state index contributed by atoms with van der Waals surface area (Å²) < 4.78 is 0. The summed E-state index contributed by atoms with van der Waals surface area (Å²) in [6.07, 6.45) is 30.9. The molecule has 5 heteroatoms. The molecule has 0 spiro atoms. The van der Waals surface area contributed by atoms with E-state index in [1.165, 1.54) is 140 Å². The van der Waals surface area contributed by atoms with Gasteiger partial charge in [0.2, 0.25) is 0 Å². The second-order valence-corrected chi connectivity index (χ2v) is 18.9. The van der Waals surface area contributed by atoms with E-state index in [-0.39, 0.29) is 0 Å². The van der Waals surface area contributed by atoms with Gasteiger partial charge in [-0.15, -0.1) is 33.2 Å². The molecule has 0 nitrogen and oxygen atoms in total. The highest BCUT2D eigenvalue weighted by atomic mass is 79.9. The summed E-state index contributed by atoms with van der Waals surface area (Å²) in [5, 5.41) is 1.18. The van der Waals surface area contributed by atoms with Crippen molar-refractivity contribution in [2.45, 2.75) is 147 Å². The van der Waals surface area contributed by atoms with E-state index in [9.17, 15) is 0 Å². The third-order valence-corrected chi connectivity index (χ3v) is 9.03. The fourth-order valence-corrected chi connectivity index (χ4v) is 6.21. The maximum Gasteiger partial charge on any atom is 0.341 e. The van der Waals surface area contributed by atoms with Crippen LogP contribution < -0.4 is 0 Å². The maximum absolute atomic E-state index is 5.90. The highest BCUT2D eigenvalue weighted by molar-refractivity contribution is 9.09. The summed E-state index contributed by atoms with van der Waals surface area (Å²) in [6, 6.07) is -1.53. The zero-order valence-corrected chi connectivity index (χ0v) is 23.8. The highest BCUT2D eigenvalue weighted by Gasteiger charge is 2.23. The quantitative estimate of drug-likeness (QED) is 0.0485. The topological polar surface area (TPSA) is 0 Å². The minimum Gasteiger partial charge on any atom is -0.126 e. The first-order chi connectivity index (χ1) is 14.1. The molecule has 0 saturated heterocycles. The molecule has 0 aromatic carbocycles. The van der Waals surface area contributed by atoms with Gasteiger partial charge in [0.15, 0.2) is 0 Å². The monoisotopic (exact) mass is 548 g/mol. The highest BCUT2D eigenvalue weighted by Crippen LogP contribution is 2.27. The molecule has 0 heterocycles. The van der Waals surface area contributed by atoms with Gasteiger partial charge >= 0.3 is 6.00 Å². The maximum atomic E-state index is 5.90. The van der Waals surface area contributed by atoms with Crippen LogP contribution in [0.4, 0.5) is 0 Å². The van der Waals surface area contributed by atoms with Crippen LogP contribution in [0.5, 0.6) is 0 Å². The summed E-state index contributed by atoms with van der Waals surface area (Å²) in [4.78, 5) is 0. The van der Waals surface area contributed by atoms with Crippen molar-refractivity contribution in [3.63, 3.8) is 0 Å². The van der Waals surface area contributed by atoms with Gasteiger partial charge in [-0.05, 0) is 12.5 Å². The lowest BCUT2D eigenvalue weighted by molar-refractivity contribution is 0.520. The number of unbranched alkanes of at least 4 members (excludes halogenated alkanes) is 21. The molecule has 0 N–H and O–H groups in total. The summed E-state index contributed by atoms with van der Waals surface area (Å²) in [6.45, 7) is 0. The molecular weight excluding hydrogens is 503 g/mol. The van der Waals surface area contributed by atoms with Gasteiger partial charge in [-0.25, -0.2) is 0 Å². The Labute approximate surface area is 206 Å². The Kier molecular flexibility index (Phi) is 25.5. The molecule has 0 amide bonds. The van der Waals surface area contributed by atoms with Crippen LogP contribution in [0.1, 0.15) is 141 Å². The van der Waals surface area contributed by atoms with E-state index in [4.69, 9.17) is 33.2 Å². The van der Waals surface area contributed by atoms with Gasteiger partial charge < -0.3 is 0 Å². The van der Waals surface area contributed by atoms with Gasteiger partial charge in [0.25, 0.3) is 0 Å². The number of hydrogen-bond acceptors (Lipinski definition) is 0. The molecule has 0 atom stereocenters. The predicted octanol–water partition coefficient (Wildman–Crippen LogP) is 11.6. The first kappa shape index (κ1) is 30.6. The third-order valence-electron chi connectivity index (χ3n) is 5.84. The zero-order chi connectivity index (χ0) is 21.5. The molecule has 0 rings (SSSR count). The molecule has 0 aliphatic heterocycles. The van der Waals surface area contributed by atoms with Crippen LogP contribution in [0.2, 0.25) is 6.04 Å². The molecule has 0 aliphatic carbocycles. The van der Waals surface area contributed by atoms with E-state index in [0.717, 1.165) is 12.5 Å². The molecule has 0 aliphatic rings. The summed E-state index contributed by atoms with van der Waals surface area (Å²) in [7, 11) is 0. The summed E-state index contributed by atoms with van der Waals surface area (Å²) in [5.74, 6) is 0. The van der Waals surface area contributed by atoms with Gasteiger partial charge in [-0.3, -0.25) is 0 Å². The molecule has 0 aromatic heterocycles. The first-order valence-electron chi connectivity index (χ1n) is 12.7. The molecule has 29 heavy (non-hydrogen) atoms. The average Bonchev–Trinajstić information content (AvgIpc) is 2.67. The Morgan fingerprint density at radius 1 is 0.345 bits per heavy atom. The lowest BCUT2D eigenvalue weighted by Crippen LogP contribution is -2.07. The van der Waals surface area contributed by atoms with Crippen molar-refractivity contribution in [1.29, 1.82) is 0 Å². The molecule has 0 saturated carbocycles. The number of alkyl halides is 1. The van der Waals surface area contributed by atoms with Crippen LogP contribution in [-0.2, 0) is 0 Å². The van der Waals surface area contributed by atoms with Crippen LogP contribution in [0, 0.1) is 0 Å². The molecule has 176 valence electrons. The van der Waals surface area contributed by atoms with E-state index >= 15 is 0 Å². The van der Waals surface area contributed by atoms with Crippen LogP contribution in [-0.4, -0.2) is 11.3 Å². The van der Waals surface area contributed by atoms with Crippen LogP contribution in [0.3, 0.4) is 0 Å². The van der Waals surface area contributed by atoms with Crippen molar-refractivity contribution in [3.05, 3.63) is 0 Å². The van der Waals surface area contributed by atoms with Crippen LogP contribution in [0.25, 0.3) is 0 Å². The van der Waals surface area contributed by atoms with Crippen molar-refractivity contribution in [3.8, 4) is 0 Å². The van der Waals surface area contributed by atoms with Crippen LogP contribution >= 0.6 is 49.2 Å². The van der Waals surface area contributed by atoms with E-state index in [2.05, 4.69) is 15.9 Å². The number of hydrogen-bond donors (Lipinski definition) is 0. The summed E-state index contributed by atoms with van der Waals surface area (Å²) in [5.41, 5.74) is 0. The predicted molar refractivity (Wildman–Crippen MR) is 143 cm³/mol. The van der Waals surface area contributed by atoms with Crippen molar-refractivity contribution in [2.75, 3.05) is 5.33 Å². The van der Waals surface area contributed by atoms with Crippen molar-refractivity contribution < 1.29 is 0 Å². The standard InChI is InChI=1S/C24H48BrCl3Si/c25-23-21-19-17-15-13-11-9-7-5-3-1-2-4-6-8-10-12-14-16-18-20-22-24-29(26,27)28/h1-24H2. The van der Waals surface area contributed by atoms with Crippen molar-refractivity contribution in [2.24, 2.45) is 0 Å². The van der Waals surface area contributed by atoms with Crippen molar-refractivity contribution in [1.82, 2.24) is 0 Å². The fraction of sp³-hybridized carbons (Fsp3) is 1.00. The molecule has 0 fully saturated rings.